The van der Waals surface area contributed by atoms with Gasteiger partial charge >= 0.3 is 0 Å². The van der Waals surface area contributed by atoms with Crippen molar-refractivity contribution in [2.24, 2.45) is 4.99 Å². The van der Waals surface area contributed by atoms with Gasteiger partial charge in [0.15, 0.2) is 5.96 Å². The van der Waals surface area contributed by atoms with Crippen LogP contribution in [0, 0.1) is 6.92 Å². The van der Waals surface area contributed by atoms with Crippen LogP contribution in [0.2, 0.25) is 0 Å². The first-order chi connectivity index (χ1) is 11.6. The van der Waals surface area contributed by atoms with Crippen LogP contribution in [0.15, 0.2) is 35.5 Å². The molecule has 0 saturated carbocycles. The molecule has 1 aromatic carbocycles. The molecule has 0 bridgehead atoms. The highest BCUT2D eigenvalue weighted by Crippen LogP contribution is 2.15. The van der Waals surface area contributed by atoms with Crippen LogP contribution in [0.3, 0.4) is 0 Å². The van der Waals surface area contributed by atoms with E-state index in [0.717, 1.165) is 31.9 Å². The third-order valence-corrected chi connectivity index (χ3v) is 5.23. The van der Waals surface area contributed by atoms with E-state index in [0.29, 0.717) is 5.92 Å². The third kappa shape index (κ3) is 5.64. The molecular formula is C19H28N4S. The molecule has 0 aliphatic rings. The van der Waals surface area contributed by atoms with Gasteiger partial charge < -0.3 is 10.6 Å². The Morgan fingerprint density at radius 1 is 1.25 bits per heavy atom. The number of aromatic nitrogens is 1. The number of hydrogen-bond donors (Lipinski definition) is 2. The zero-order valence-corrected chi connectivity index (χ0v) is 15.9. The molecule has 0 aliphatic carbocycles. The van der Waals surface area contributed by atoms with Gasteiger partial charge in [-0.05, 0) is 24.8 Å². The van der Waals surface area contributed by atoms with Crippen molar-refractivity contribution < 1.29 is 0 Å². The lowest BCUT2D eigenvalue weighted by atomic mass is 10.0. The molecule has 1 unspecified atom stereocenters. The molecule has 2 rings (SSSR count). The van der Waals surface area contributed by atoms with Crippen LogP contribution in [0.1, 0.15) is 40.8 Å². The quantitative estimate of drug-likeness (QED) is 0.597. The maximum Gasteiger partial charge on any atom is 0.191 e. The summed E-state index contributed by atoms with van der Waals surface area (Å²) in [4.78, 5) is 10.1. The molecular weight excluding hydrogens is 316 g/mol. The number of thiazole rings is 1. The van der Waals surface area contributed by atoms with Crippen molar-refractivity contribution in [3.8, 4) is 0 Å². The Labute approximate surface area is 149 Å². The molecule has 0 fully saturated rings. The maximum atomic E-state index is 4.45. The van der Waals surface area contributed by atoms with E-state index in [1.165, 1.54) is 21.0 Å². The Bertz CT molecular complexity index is 646. The van der Waals surface area contributed by atoms with E-state index >= 15 is 0 Å². The van der Waals surface area contributed by atoms with E-state index in [9.17, 15) is 0 Å². The minimum absolute atomic E-state index is 0.440. The van der Waals surface area contributed by atoms with Crippen molar-refractivity contribution in [1.29, 1.82) is 0 Å². The highest BCUT2D eigenvalue weighted by molar-refractivity contribution is 7.11. The van der Waals surface area contributed by atoms with E-state index < -0.39 is 0 Å². The molecule has 0 spiro atoms. The summed E-state index contributed by atoms with van der Waals surface area (Å²) < 4.78 is 0. The molecule has 4 nitrogen and oxygen atoms in total. The summed E-state index contributed by atoms with van der Waals surface area (Å²) in [6.07, 6.45) is 3.97. The first-order valence-corrected chi connectivity index (χ1v) is 9.38. The molecule has 0 saturated heterocycles. The molecule has 2 aromatic rings. The zero-order chi connectivity index (χ0) is 17.4. The van der Waals surface area contributed by atoms with Crippen molar-refractivity contribution in [3.63, 3.8) is 0 Å². The SMILES string of the molecule is CCc1cnc(CCNC(=NC)NCC(C)c2ccc(C)cc2)s1. The van der Waals surface area contributed by atoms with Gasteiger partial charge in [-0.25, -0.2) is 4.98 Å². The standard InChI is InChI=1S/C19H28N4S/c1-5-17-13-22-18(24-17)10-11-21-19(20-4)23-12-15(3)16-8-6-14(2)7-9-16/h6-9,13,15H,5,10-12H2,1-4H3,(H2,20,21,23). The van der Waals surface area contributed by atoms with E-state index in [1.807, 2.05) is 13.2 Å². The second-order valence-electron chi connectivity index (χ2n) is 6.02. The van der Waals surface area contributed by atoms with Gasteiger partial charge in [0.25, 0.3) is 0 Å². The van der Waals surface area contributed by atoms with Crippen molar-refractivity contribution in [2.45, 2.75) is 39.5 Å². The number of guanidine groups is 1. The van der Waals surface area contributed by atoms with Crippen molar-refractivity contribution >= 4 is 17.3 Å². The van der Waals surface area contributed by atoms with E-state index in [2.05, 4.69) is 65.6 Å². The van der Waals surface area contributed by atoms with Gasteiger partial charge in [0.2, 0.25) is 0 Å². The van der Waals surface area contributed by atoms with Gasteiger partial charge in [0.1, 0.15) is 0 Å². The number of nitrogens with zero attached hydrogens (tertiary/aromatic N) is 2. The summed E-state index contributed by atoms with van der Waals surface area (Å²) in [6.45, 7) is 8.21. The zero-order valence-electron chi connectivity index (χ0n) is 15.1. The Kier molecular flexibility index (Phi) is 7.25. The number of rotatable bonds is 7. The maximum absolute atomic E-state index is 4.45. The summed E-state index contributed by atoms with van der Waals surface area (Å²) in [5.41, 5.74) is 2.64. The van der Waals surface area contributed by atoms with Crippen LogP contribution in [0.4, 0.5) is 0 Å². The predicted octanol–water partition coefficient (Wildman–Crippen LogP) is 3.53. The molecule has 0 radical (unpaired) electrons. The van der Waals surface area contributed by atoms with Gasteiger partial charge in [-0.2, -0.15) is 0 Å². The lowest BCUT2D eigenvalue weighted by molar-refractivity contribution is 0.697. The summed E-state index contributed by atoms with van der Waals surface area (Å²) in [7, 11) is 1.81. The fraction of sp³-hybridized carbons (Fsp3) is 0.474. The third-order valence-electron chi connectivity index (χ3n) is 4.03. The summed E-state index contributed by atoms with van der Waals surface area (Å²) in [5.74, 6) is 1.29. The largest absolute Gasteiger partial charge is 0.356 e. The van der Waals surface area contributed by atoms with E-state index in [4.69, 9.17) is 0 Å². The molecule has 1 heterocycles. The van der Waals surface area contributed by atoms with Crippen LogP contribution in [0.5, 0.6) is 0 Å². The second-order valence-corrected chi connectivity index (χ2v) is 7.22. The first-order valence-electron chi connectivity index (χ1n) is 8.57. The summed E-state index contributed by atoms with van der Waals surface area (Å²) >= 11 is 1.80. The number of hydrogen-bond acceptors (Lipinski definition) is 3. The highest BCUT2D eigenvalue weighted by Gasteiger charge is 2.07. The summed E-state index contributed by atoms with van der Waals surface area (Å²) in [6, 6.07) is 8.73. The topological polar surface area (TPSA) is 49.3 Å². The summed E-state index contributed by atoms with van der Waals surface area (Å²) in [5, 5.41) is 7.96. The molecule has 1 atom stereocenters. The van der Waals surface area contributed by atoms with Gasteiger partial charge in [0, 0.05) is 37.6 Å². The number of benzene rings is 1. The highest BCUT2D eigenvalue weighted by atomic mass is 32.1. The fourth-order valence-corrected chi connectivity index (χ4v) is 3.26. The average Bonchev–Trinajstić information content (AvgIpc) is 3.06. The minimum atomic E-state index is 0.440. The molecule has 1 aromatic heterocycles. The van der Waals surface area contributed by atoms with Crippen molar-refractivity contribution in [3.05, 3.63) is 51.5 Å². The number of aliphatic imine (C=N–C) groups is 1. The molecule has 5 heteroatoms. The monoisotopic (exact) mass is 344 g/mol. The number of aryl methyl sites for hydroxylation is 2. The number of nitrogens with one attached hydrogen (secondary N) is 2. The Hall–Kier alpha value is -1.88. The molecule has 24 heavy (non-hydrogen) atoms. The van der Waals surface area contributed by atoms with Crippen LogP contribution in [-0.2, 0) is 12.8 Å². The van der Waals surface area contributed by atoms with Crippen LogP contribution < -0.4 is 10.6 Å². The average molecular weight is 345 g/mol. The molecule has 0 amide bonds. The minimum Gasteiger partial charge on any atom is -0.356 e. The Morgan fingerprint density at radius 2 is 2.00 bits per heavy atom. The normalized spacial score (nSPS) is 12.9. The molecule has 2 N–H and O–H groups in total. The Balaban J connectivity index is 1.74. The van der Waals surface area contributed by atoms with Crippen molar-refractivity contribution in [2.75, 3.05) is 20.1 Å². The van der Waals surface area contributed by atoms with E-state index in [1.54, 1.807) is 11.3 Å². The predicted molar refractivity (Wildman–Crippen MR) is 104 cm³/mol. The smallest absolute Gasteiger partial charge is 0.191 e. The second kappa shape index (κ2) is 9.42. The van der Waals surface area contributed by atoms with Crippen molar-refractivity contribution in [1.82, 2.24) is 15.6 Å². The van der Waals surface area contributed by atoms with Gasteiger partial charge in [-0.15, -0.1) is 11.3 Å². The lowest BCUT2D eigenvalue weighted by Crippen LogP contribution is -2.39. The molecule has 130 valence electrons. The van der Waals surface area contributed by atoms with E-state index in [-0.39, 0.29) is 0 Å². The van der Waals surface area contributed by atoms with Crippen LogP contribution >= 0.6 is 11.3 Å². The Morgan fingerprint density at radius 3 is 2.62 bits per heavy atom. The van der Waals surface area contributed by atoms with Gasteiger partial charge in [-0.3, -0.25) is 4.99 Å². The lowest BCUT2D eigenvalue weighted by Gasteiger charge is -2.16. The fourth-order valence-electron chi connectivity index (χ4n) is 2.40. The molecule has 0 aliphatic heterocycles. The van der Waals surface area contributed by atoms with Gasteiger partial charge in [-0.1, -0.05) is 43.7 Å². The van der Waals surface area contributed by atoms with Gasteiger partial charge in [0.05, 0.1) is 5.01 Å². The van der Waals surface area contributed by atoms with Crippen LogP contribution in [-0.4, -0.2) is 31.1 Å². The van der Waals surface area contributed by atoms with Crippen LogP contribution in [0.25, 0.3) is 0 Å². The first kappa shape index (κ1) is 18.5.